The van der Waals surface area contributed by atoms with Crippen LogP contribution in [0.4, 0.5) is 13.2 Å². The molecule has 0 aliphatic carbocycles. The number of nitrogens with one attached hydrogen (secondary N) is 1. The van der Waals surface area contributed by atoms with Crippen molar-refractivity contribution in [1.82, 2.24) is 34.7 Å². The third kappa shape index (κ3) is 3.89. The zero-order valence-corrected chi connectivity index (χ0v) is 15.8. The molecule has 0 aliphatic heterocycles. The van der Waals surface area contributed by atoms with Gasteiger partial charge in [0.15, 0.2) is 5.65 Å². The number of aromatic nitrogens is 7. The normalized spacial score (nSPS) is 12.1. The lowest BCUT2D eigenvalue weighted by Gasteiger charge is -2.05. The molecule has 0 radical (unpaired) electrons. The summed E-state index contributed by atoms with van der Waals surface area (Å²) >= 11 is 0. The first-order valence-corrected chi connectivity index (χ1v) is 9.26. The third-order valence-corrected chi connectivity index (χ3v) is 4.75. The van der Waals surface area contributed by atoms with Crippen LogP contribution in [0.3, 0.4) is 0 Å². The minimum Gasteiger partial charge on any atom is -0.322 e. The largest absolute Gasteiger partial charge is 0.408 e. The maximum atomic E-state index is 12.6. The van der Waals surface area contributed by atoms with Crippen LogP contribution in [-0.4, -0.2) is 40.9 Å². The number of rotatable bonds is 4. The van der Waals surface area contributed by atoms with E-state index in [1.165, 1.54) is 18.5 Å². The summed E-state index contributed by atoms with van der Waals surface area (Å²) < 4.78 is 40.2. The van der Waals surface area contributed by atoms with Gasteiger partial charge < -0.3 is 4.98 Å². The highest BCUT2D eigenvalue weighted by Gasteiger charge is 2.28. The van der Waals surface area contributed by atoms with Gasteiger partial charge in [-0.15, -0.1) is 5.10 Å². The van der Waals surface area contributed by atoms with E-state index in [0.29, 0.717) is 29.0 Å². The third-order valence-electron chi connectivity index (χ3n) is 4.75. The number of fused-ring (bicyclic) bond motifs is 2. The van der Waals surface area contributed by atoms with Gasteiger partial charge in [-0.2, -0.15) is 18.3 Å². The number of hydrogen-bond donors (Lipinski definition) is 1. The molecule has 0 atom stereocenters. The molecule has 0 spiro atoms. The summed E-state index contributed by atoms with van der Waals surface area (Å²) in [5.74, 6) is 0. The van der Waals surface area contributed by atoms with E-state index in [-0.39, 0.29) is 5.56 Å². The summed E-state index contributed by atoms with van der Waals surface area (Å²) in [5, 5.41) is 12.9. The van der Waals surface area contributed by atoms with E-state index in [1.807, 2.05) is 18.2 Å². The van der Waals surface area contributed by atoms with Crippen molar-refractivity contribution in [2.75, 3.05) is 0 Å². The molecule has 156 valence electrons. The molecule has 0 bridgehead atoms. The van der Waals surface area contributed by atoms with E-state index in [1.54, 1.807) is 22.9 Å². The maximum absolute atomic E-state index is 12.6. The highest BCUT2D eigenvalue weighted by molar-refractivity contribution is 5.79. The highest BCUT2D eigenvalue weighted by Crippen LogP contribution is 2.23. The van der Waals surface area contributed by atoms with Crippen LogP contribution in [0.25, 0.3) is 33.3 Å². The Hall–Kier alpha value is -4.02. The number of hydrogen-bond acceptors (Lipinski definition) is 5. The van der Waals surface area contributed by atoms with E-state index in [2.05, 4.69) is 25.4 Å². The van der Waals surface area contributed by atoms with Gasteiger partial charge in [0.05, 0.1) is 18.4 Å². The van der Waals surface area contributed by atoms with Crippen LogP contribution in [-0.2, 0) is 13.1 Å². The van der Waals surface area contributed by atoms with E-state index < -0.39 is 12.7 Å². The van der Waals surface area contributed by atoms with Crippen molar-refractivity contribution in [3.8, 4) is 11.3 Å². The molecule has 4 heterocycles. The van der Waals surface area contributed by atoms with Gasteiger partial charge >= 0.3 is 6.18 Å². The lowest BCUT2D eigenvalue weighted by Crippen LogP contribution is -2.17. The first kappa shape index (κ1) is 19.0. The summed E-state index contributed by atoms with van der Waals surface area (Å²) in [6, 6.07) is 12.2. The van der Waals surface area contributed by atoms with Crippen molar-refractivity contribution >= 4 is 22.1 Å². The predicted octanol–water partition coefficient (Wildman–Crippen LogP) is 3.14. The molecule has 1 N–H and O–H groups in total. The Kier molecular flexibility index (Phi) is 4.31. The Morgan fingerprint density at radius 2 is 1.94 bits per heavy atom. The molecule has 11 heteroatoms. The molecular weight excluding hydrogens is 411 g/mol. The van der Waals surface area contributed by atoms with Gasteiger partial charge in [-0.25, -0.2) is 9.67 Å². The number of halogens is 3. The predicted molar refractivity (Wildman–Crippen MR) is 106 cm³/mol. The molecule has 31 heavy (non-hydrogen) atoms. The lowest BCUT2D eigenvalue weighted by molar-refractivity contribution is -0.142. The number of nitrogens with zero attached hydrogens (tertiary/aromatic N) is 6. The standard InChI is InChI=1S/C20H14F3N7O/c21-20(22,23)11-29-10-14(8-24-29)16-4-5-17-19(26-16)30(28-27-17)9-12-1-3-15-13(7-12)2-6-18(31)25-15/h1-8,10H,9,11H2,(H,25,31). The Morgan fingerprint density at radius 1 is 1.06 bits per heavy atom. The van der Waals surface area contributed by atoms with Crippen LogP contribution in [0.2, 0.25) is 0 Å². The Morgan fingerprint density at radius 3 is 2.77 bits per heavy atom. The van der Waals surface area contributed by atoms with Crippen molar-refractivity contribution in [3.63, 3.8) is 0 Å². The Balaban J connectivity index is 1.47. The smallest absolute Gasteiger partial charge is 0.322 e. The summed E-state index contributed by atoms with van der Waals surface area (Å²) in [4.78, 5) is 18.7. The topological polar surface area (TPSA) is 94.3 Å². The van der Waals surface area contributed by atoms with Crippen LogP contribution in [0.5, 0.6) is 0 Å². The molecule has 0 saturated carbocycles. The highest BCUT2D eigenvalue weighted by atomic mass is 19.4. The quantitative estimate of drug-likeness (QED) is 0.477. The molecule has 0 aliphatic rings. The van der Waals surface area contributed by atoms with Crippen LogP contribution in [0.1, 0.15) is 5.56 Å². The first-order chi connectivity index (χ1) is 14.8. The van der Waals surface area contributed by atoms with Crippen molar-refractivity contribution in [2.24, 2.45) is 0 Å². The van der Waals surface area contributed by atoms with Crippen LogP contribution >= 0.6 is 0 Å². The Bertz CT molecular complexity index is 1470. The summed E-state index contributed by atoms with van der Waals surface area (Å²) in [5.41, 5.74) is 3.50. The van der Waals surface area contributed by atoms with E-state index in [0.717, 1.165) is 21.1 Å². The molecule has 0 fully saturated rings. The van der Waals surface area contributed by atoms with Crippen LogP contribution < -0.4 is 5.56 Å². The second-order valence-electron chi connectivity index (χ2n) is 7.07. The van der Waals surface area contributed by atoms with E-state index in [4.69, 9.17) is 0 Å². The molecule has 0 amide bonds. The van der Waals surface area contributed by atoms with Crippen molar-refractivity contribution in [3.05, 3.63) is 70.8 Å². The molecule has 4 aromatic heterocycles. The molecule has 0 unspecified atom stereocenters. The van der Waals surface area contributed by atoms with Gasteiger partial charge in [0.1, 0.15) is 12.1 Å². The fourth-order valence-electron chi connectivity index (χ4n) is 3.36. The number of H-pyrrole nitrogens is 1. The second-order valence-corrected chi connectivity index (χ2v) is 7.07. The molecule has 5 aromatic rings. The molecule has 8 nitrogen and oxygen atoms in total. The van der Waals surface area contributed by atoms with E-state index >= 15 is 0 Å². The maximum Gasteiger partial charge on any atom is 0.408 e. The van der Waals surface area contributed by atoms with Crippen molar-refractivity contribution < 1.29 is 13.2 Å². The summed E-state index contributed by atoms with van der Waals surface area (Å²) in [6.07, 6.45) is -1.70. The number of aromatic amines is 1. The zero-order chi connectivity index (χ0) is 21.6. The van der Waals surface area contributed by atoms with Crippen molar-refractivity contribution in [1.29, 1.82) is 0 Å². The van der Waals surface area contributed by atoms with Gasteiger partial charge in [-0.1, -0.05) is 11.3 Å². The first-order valence-electron chi connectivity index (χ1n) is 9.26. The fraction of sp³-hybridized carbons (Fsp3) is 0.150. The van der Waals surface area contributed by atoms with Gasteiger partial charge in [0.25, 0.3) is 0 Å². The van der Waals surface area contributed by atoms with Crippen LogP contribution in [0, 0.1) is 0 Å². The van der Waals surface area contributed by atoms with Gasteiger partial charge in [0, 0.05) is 23.3 Å². The number of benzene rings is 1. The van der Waals surface area contributed by atoms with Gasteiger partial charge in [-0.05, 0) is 41.3 Å². The van der Waals surface area contributed by atoms with Gasteiger partial charge in [0.2, 0.25) is 5.56 Å². The molecular formula is C20H14F3N7O. The number of pyridine rings is 2. The zero-order valence-electron chi connectivity index (χ0n) is 15.8. The number of alkyl halides is 3. The summed E-state index contributed by atoms with van der Waals surface area (Å²) in [7, 11) is 0. The van der Waals surface area contributed by atoms with Crippen LogP contribution in [0.15, 0.2) is 59.7 Å². The molecule has 5 rings (SSSR count). The minimum absolute atomic E-state index is 0.169. The fourth-order valence-corrected chi connectivity index (χ4v) is 3.36. The summed E-state index contributed by atoms with van der Waals surface area (Å²) in [6.45, 7) is -0.780. The second kappa shape index (κ2) is 7.04. The average Bonchev–Trinajstić information content (AvgIpc) is 3.33. The van der Waals surface area contributed by atoms with Crippen molar-refractivity contribution in [2.45, 2.75) is 19.3 Å². The Labute approximate surface area is 172 Å². The lowest BCUT2D eigenvalue weighted by atomic mass is 10.1. The molecule has 1 aromatic carbocycles. The van der Waals surface area contributed by atoms with E-state index in [9.17, 15) is 18.0 Å². The molecule has 0 saturated heterocycles. The SMILES string of the molecule is O=c1ccc2cc(Cn3nnc4ccc(-c5cnn(CC(F)(F)F)c5)nc43)ccc2[nH]1. The van der Waals surface area contributed by atoms with Gasteiger partial charge in [-0.3, -0.25) is 9.48 Å². The monoisotopic (exact) mass is 425 g/mol. The average molecular weight is 425 g/mol. The minimum atomic E-state index is -4.35.